The van der Waals surface area contributed by atoms with Crippen molar-refractivity contribution in [2.24, 2.45) is 0 Å². The predicted molar refractivity (Wildman–Crippen MR) is 98.8 cm³/mol. The highest BCUT2D eigenvalue weighted by atomic mass is 32.2. The van der Waals surface area contributed by atoms with E-state index < -0.39 is 10.0 Å². The number of fused-ring (bicyclic) bond motifs is 1. The molecule has 4 heteroatoms. The van der Waals surface area contributed by atoms with Crippen LogP contribution in [0.25, 0.3) is 0 Å². The van der Waals surface area contributed by atoms with Gasteiger partial charge < -0.3 is 0 Å². The van der Waals surface area contributed by atoms with Gasteiger partial charge in [0, 0.05) is 0 Å². The number of rotatable bonds is 3. The summed E-state index contributed by atoms with van der Waals surface area (Å²) >= 11 is 0. The molecule has 126 valence electrons. The number of hydrogen-bond donors (Lipinski definition) is 0. The van der Waals surface area contributed by atoms with Crippen molar-refractivity contribution in [1.29, 1.82) is 0 Å². The molecular weight excluding hydrogens is 318 g/mol. The Kier molecular flexibility index (Phi) is 4.50. The van der Waals surface area contributed by atoms with Crippen molar-refractivity contribution in [3.8, 4) is 0 Å². The predicted octanol–water partition coefficient (Wildman–Crippen LogP) is 4.47. The fourth-order valence-electron chi connectivity index (χ4n) is 3.20. The van der Waals surface area contributed by atoms with Crippen molar-refractivity contribution in [3.05, 3.63) is 71.3 Å². The van der Waals surface area contributed by atoms with Crippen LogP contribution in [0.4, 0.5) is 5.69 Å². The molecule has 0 aliphatic carbocycles. The topological polar surface area (TPSA) is 37.4 Å². The van der Waals surface area contributed by atoms with Gasteiger partial charge in [0.1, 0.15) is 0 Å². The minimum absolute atomic E-state index is 0.142. The minimum Gasteiger partial charge on any atom is -0.259 e. The molecule has 2 aromatic carbocycles. The summed E-state index contributed by atoms with van der Waals surface area (Å²) in [5, 5.41) is 0. The molecule has 3 nitrogen and oxygen atoms in total. The van der Waals surface area contributed by atoms with Gasteiger partial charge in [0.25, 0.3) is 10.0 Å². The van der Waals surface area contributed by atoms with Gasteiger partial charge in [-0.15, -0.1) is 0 Å². The highest BCUT2D eigenvalue weighted by Gasteiger charge is 2.34. The van der Waals surface area contributed by atoms with Gasteiger partial charge in [-0.3, -0.25) is 4.31 Å². The van der Waals surface area contributed by atoms with Crippen LogP contribution in [0, 0.1) is 6.92 Å². The van der Waals surface area contributed by atoms with Crippen molar-refractivity contribution in [2.45, 2.75) is 44.6 Å². The van der Waals surface area contributed by atoms with E-state index in [1.165, 1.54) is 0 Å². The molecule has 0 fully saturated rings. The van der Waals surface area contributed by atoms with Crippen molar-refractivity contribution in [3.63, 3.8) is 0 Å². The van der Waals surface area contributed by atoms with Crippen LogP contribution >= 0.6 is 0 Å². The third-order valence-electron chi connectivity index (χ3n) is 4.34. The van der Waals surface area contributed by atoms with E-state index in [1.54, 1.807) is 16.4 Å². The molecule has 24 heavy (non-hydrogen) atoms. The second-order valence-corrected chi connectivity index (χ2v) is 8.41. The van der Waals surface area contributed by atoms with E-state index in [4.69, 9.17) is 0 Å². The summed E-state index contributed by atoms with van der Waals surface area (Å²) in [6, 6.07) is 14.7. The number of anilines is 1. The molecule has 0 spiro atoms. The summed E-state index contributed by atoms with van der Waals surface area (Å²) in [7, 11) is -3.60. The molecule has 1 unspecified atom stereocenters. The Morgan fingerprint density at radius 2 is 1.75 bits per heavy atom. The summed E-state index contributed by atoms with van der Waals surface area (Å²) in [5.41, 5.74) is 4.07. The standard InChI is InChI=1S/C20H23NO2S/c1-15(2)14-18-11-10-17-6-4-5-7-20(17)21(18)24(22,23)19-12-8-16(3)9-13-19/h4-9,12-14,18H,10-11H2,1-3H3. The summed E-state index contributed by atoms with van der Waals surface area (Å²) in [6.07, 6.45) is 3.75. The number of benzene rings is 2. The Balaban J connectivity index is 2.16. The number of hydrogen-bond acceptors (Lipinski definition) is 2. The molecule has 0 bridgehead atoms. The fourth-order valence-corrected chi connectivity index (χ4v) is 4.87. The van der Waals surface area contributed by atoms with Gasteiger partial charge in [-0.1, -0.05) is 47.5 Å². The van der Waals surface area contributed by atoms with Crippen LogP contribution in [0.1, 0.15) is 31.4 Å². The monoisotopic (exact) mass is 341 g/mol. The first-order valence-corrected chi connectivity index (χ1v) is 9.67. The number of sulfonamides is 1. The zero-order chi connectivity index (χ0) is 17.3. The molecule has 0 aromatic heterocycles. The van der Waals surface area contributed by atoms with Crippen LogP contribution in [-0.4, -0.2) is 14.5 Å². The zero-order valence-electron chi connectivity index (χ0n) is 14.4. The third kappa shape index (κ3) is 3.11. The molecule has 1 aliphatic rings. The van der Waals surface area contributed by atoms with Crippen LogP contribution < -0.4 is 4.31 Å². The van der Waals surface area contributed by atoms with Crippen LogP contribution in [0.2, 0.25) is 0 Å². The lowest BCUT2D eigenvalue weighted by Gasteiger charge is -2.36. The maximum absolute atomic E-state index is 13.3. The number of para-hydroxylation sites is 1. The average molecular weight is 341 g/mol. The molecule has 1 aliphatic heterocycles. The molecule has 0 saturated heterocycles. The van der Waals surface area contributed by atoms with Crippen molar-refractivity contribution >= 4 is 15.7 Å². The number of allylic oxidation sites excluding steroid dienone is 1. The van der Waals surface area contributed by atoms with E-state index in [0.717, 1.165) is 35.2 Å². The maximum Gasteiger partial charge on any atom is 0.264 e. The molecule has 2 aromatic rings. The summed E-state index contributed by atoms with van der Waals surface area (Å²) in [5.74, 6) is 0. The zero-order valence-corrected chi connectivity index (χ0v) is 15.2. The summed E-state index contributed by atoms with van der Waals surface area (Å²) < 4.78 is 28.3. The lowest BCUT2D eigenvalue weighted by Crippen LogP contribution is -2.42. The van der Waals surface area contributed by atoms with Gasteiger partial charge in [-0.2, -0.15) is 0 Å². The highest BCUT2D eigenvalue weighted by Crippen LogP contribution is 2.36. The molecular formula is C20H23NO2S. The first kappa shape index (κ1) is 16.8. The van der Waals surface area contributed by atoms with E-state index >= 15 is 0 Å². The second kappa shape index (κ2) is 6.44. The van der Waals surface area contributed by atoms with Crippen LogP contribution in [0.3, 0.4) is 0 Å². The molecule has 1 atom stereocenters. The van der Waals surface area contributed by atoms with Gasteiger partial charge in [-0.05, 0) is 57.4 Å². The second-order valence-electron chi connectivity index (χ2n) is 6.59. The van der Waals surface area contributed by atoms with Gasteiger partial charge >= 0.3 is 0 Å². The molecule has 0 radical (unpaired) electrons. The summed E-state index contributed by atoms with van der Waals surface area (Å²) in [4.78, 5) is 0.344. The summed E-state index contributed by atoms with van der Waals surface area (Å²) in [6.45, 7) is 5.98. The Morgan fingerprint density at radius 1 is 1.08 bits per heavy atom. The highest BCUT2D eigenvalue weighted by molar-refractivity contribution is 7.92. The Bertz CT molecular complexity index is 863. The first-order chi connectivity index (χ1) is 11.4. The lowest BCUT2D eigenvalue weighted by molar-refractivity contribution is 0.574. The van der Waals surface area contributed by atoms with E-state index in [0.29, 0.717) is 4.90 Å². The fraction of sp³-hybridized carbons (Fsp3) is 0.300. The van der Waals surface area contributed by atoms with E-state index in [9.17, 15) is 8.42 Å². The Labute approximate surface area is 144 Å². The SMILES string of the molecule is CC(C)=CC1CCc2ccccc2N1S(=O)(=O)c1ccc(C)cc1. The van der Waals surface area contributed by atoms with E-state index in [2.05, 4.69) is 6.08 Å². The number of aryl methyl sites for hydroxylation is 2. The third-order valence-corrected chi connectivity index (χ3v) is 6.20. The van der Waals surface area contributed by atoms with Gasteiger partial charge in [0.15, 0.2) is 0 Å². The van der Waals surface area contributed by atoms with Crippen LogP contribution in [0.5, 0.6) is 0 Å². The first-order valence-electron chi connectivity index (χ1n) is 8.23. The quantitative estimate of drug-likeness (QED) is 0.772. The van der Waals surface area contributed by atoms with Crippen LogP contribution in [0.15, 0.2) is 65.1 Å². The Hall–Kier alpha value is -2.07. The van der Waals surface area contributed by atoms with Crippen LogP contribution in [-0.2, 0) is 16.4 Å². The van der Waals surface area contributed by atoms with E-state index in [1.807, 2.05) is 57.2 Å². The van der Waals surface area contributed by atoms with Crippen molar-refractivity contribution in [2.75, 3.05) is 4.31 Å². The lowest BCUT2D eigenvalue weighted by atomic mass is 9.97. The molecule has 3 rings (SSSR count). The van der Waals surface area contributed by atoms with E-state index in [-0.39, 0.29) is 6.04 Å². The van der Waals surface area contributed by atoms with Crippen molar-refractivity contribution in [1.82, 2.24) is 0 Å². The molecule has 0 saturated carbocycles. The van der Waals surface area contributed by atoms with Gasteiger partial charge in [0.2, 0.25) is 0 Å². The normalized spacial score (nSPS) is 17.3. The van der Waals surface area contributed by atoms with Gasteiger partial charge in [-0.25, -0.2) is 8.42 Å². The molecule has 1 heterocycles. The average Bonchev–Trinajstić information content (AvgIpc) is 2.54. The molecule has 0 N–H and O–H groups in total. The van der Waals surface area contributed by atoms with Crippen molar-refractivity contribution < 1.29 is 8.42 Å². The smallest absolute Gasteiger partial charge is 0.259 e. The number of nitrogens with zero attached hydrogens (tertiary/aromatic N) is 1. The minimum atomic E-state index is -3.60. The Morgan fingerprint density at radius 3 is 2.42 bits per heavy atom. The maximum atomic E-state index is 13.3. The van der Waals surface area contributed by atoms with Gasteiger partial charge in [0.05, 0.1) is 16.6 Å². The molecule has 0 amide bonds. The largest absolute Gasteiger partial charge is 0.264 e.